The Labute approximate surface area is 121 Å². The molecule has 1 aromatic rings. The molecule has 0 bridgehead atoms. The molecule has 0 radical (unpaired) electrons. The molecule has 1 saturated heterocycles. The van der Waals surface area contributed by atoms with Gasteiger partial charge >= 0.3 is 0 Å². The zero-order valence-corrected chi connectivity index (χ0v) is 12.3. The molecule has 2 rings (SSSR count). The first-order valence-corrected chi connectivity index (χ1v) is 7.60. The van der Waals surface area contributed by atoms with E-state index in [1.807, 2.05) is 24.3 Å². The van der Waals surface area contributed by atoms with Crippen molar-refractivity contribution in [3.63, 3.8) is 0 Å². The predicted octanol–water partition coefficient (Wildman–Crippen LogP) is 1.27. The van der Waals surface area contributed by atoms with Crippen LogP contribution in [0.15, 0.2) is 24.3 Å². The number of carbonyl (C=O) groups excluding carboxylic acids is 1. The summed E-state index contributed by atoms with van der Waals surface area (Å²) < 4.78 is 0. The second kappa shape index (κ2) is 8.02. The summed E-state index contributed by atoms with van der Waals surface area (Å²) in [6.07, 6.45) is 2.02. The van der Waals surface area contributed by atoms with Crippen LogP contribution in [-0.2, 0) is 6.42 Å². The van der Waals surface area contributed by atoms with Gasteiger partial charge in [-0.25, -0.2) is 0 Å². The fourth-order valence-corrected chi connectivity index (χ4v) is 2.43. The van der Waals surface area contributed by atoms with Crippen molar-refractivity contribution in [2.75, 3.05) is 39.3 Å². The average Bonchev–Trinajstić information content (AvgIpc) is 2.52. The summed E-state index contributed by atoms with van der Waals surface area (Å²) in [5.41, 5.74) is 2.02. The third-order valence-corrected chi connectivity index (χ3v) is 3.77. The maximum atomic E-state index is 12.0. The van der Waals surface area contributed by atoms with Crippen LogP contribution in [0, 0.1) is 0 Å². The third kappa shape index (κ3) is 4.62. The van der Waals surface area contributed by atoms with Crippen molar-refractivity contribution in [3.05, 3.63) is 35.4 Å². The number of rotatable bonds is 6. The standard InChI is InChI=1S/C16H25N3O/c1-2-14-4-6-15(7-5-14)16(20)18-8-3-11-19-12-9-17-10-13-19/h4-7,17H,2-3,8-13H2,1H3,(H,18,20). The number of carbonyl (C=O) groups is 1. The molecule has 1 aliphatic rings. The number of hydrogen-bond donors (Lipinski definition) is 2. The average molecular weight is 275 g/mol. The van der Waals surface area contributed by atoms with E-state index in [0.29, 0.717) is 0 Å². The molecule has 1 aliphatic heterocycles. The number of nitrogens with one attached hydrogen (secondary N) is 2. The maximum Gasteiger partial charge on any atom is 0.251 e. The van der Waals surface area contributed by atoms with E-state index in [0.717, 1.165) is 57.7 Å². The van der Waals surface area contributed by atoms with Gasteiger partial charge in [0, 0.05) is 38.3 Å². The Balaban J connectivity index is 1.66. The molecular formula is C16H25N3O. The second-order valence-corrected chi connectivity index (χ2v) is 5.25. The lowest BCUT2D eigenvalue weighted by atomic mass is 10.1. The van der Waals surface area contributed by atoms with Crippen LogP contribution in [0.4, 0.5) is 0 Å². The molecule has 110 valence electrons. The molecule has 4 heteroatoms. The van der Waals surface area contributed by atoms with Crippen molar-refractivity contribution in [2.45, 2.75) is 19.8 Å². The highest BCUT2D eigenvalue weighted by atomic mass is 16.1. The fraction of sp³-hybridized carbons (Fsp3) is 0.562. The van der Waals surface area contributed by atoms with Gasteiger partial charge in [-0.1, -0.05) is 19.1 Å². The van der Waals surface area contributed by atoms with Gasteiger partial charge in [0.1, 0.15) is 0 Å². The van der Waals surface area contributed by atoms with Crippen molar-refractivity contribution >= 4 is 5.91 Å². The minimum Gasteiger partial charge on any atom is -0.352 e. The quantitative estimate of drug-likeness (QED) is 0.769. The molecule has 1 heterocycles. The van der Waals surface area contributed by atoms with Gasteiger partial charge in [-0.3, -0.25) is 4.79 Å². The number of amides is 1. The van der Waals surface area contributed by atoms with Crippen molar-refractivity contribution in [2.24, 2.45) is 0 Å². The number of benzene rings is 1. The summed E-state index contributed by atoms with van der Waals surface area (Å²) >= 11 is 0. The SMILES string of the molecule is CCc1ccc(C(=O)NCCCN2CCNCC2)cc1. The Morgan fingerprint density at radius 1 is 1.25 bits per heavy atom. The van der Waals surface area contributed by atoms with Crippen molar-refractivity contribution in [3.8, 4) is 0 Å². The van der Waals surface area contributed by atoms with Gasteiger partial charge < -0.3 is 15.5 Å². The maximum absolute atomic E-state index is 12.0. The highest BCUT2D eigenvalue weighted by Crippen LogP contribution is 2.05. The molecule has 4 nitrogen and oxygen atoms in total. The molecule has 1 aromatic carbocycles. The van der Waals surface area contributed by atoms with Crippen LogP contribution in [0.2, 0.25) is 0 Å². The lowest BCUT2D eigenvalue weighted by Crippen LogP contribution is -2.44. The molecule has 1 amide bonds. The van der Waals surface area contributed by atoms with E-state index < -0.39 is 0 Å². The third-order valence-electron chi connectivity index (χ3n) is 3.77. The fourth-order valence-electron chi connectivity index (χ4n) is 2.43. The molecule has 20 heavy (non-hydrogen) atoms. The van der Waals surface area contributed by atoms with Gasteiger partial charge in [-0.2, -0.15) is 0 Å². The van der Waals surface area contributed by atoms with Gasteiger partial charge in [0.25, 0.3) is 5.91 Å². The normalized spacial score (nSPS) is 16.1. The predicted molar refractivity (Wildman–Crippen MR) is 82.1 cm³/mol. The lowest BCUT2D eigenvalue weighted by Gasteiger charge is -2.27. The largest absolute Gasteiger partial charge is 0.352 e. The summed E-state index contributed by atoms with van der Waals surface area (Å²) in [5.74, 6) is 0.0352. The number of piperazine rings is 1. The van der Waals surface area contributed by atoms with Gasteiger partial charge in [0.15, 0.2) is 0 Å². The summed E-state index contributed by atoms with van der Waals surface area (Å²) in [7, 11) is 0. The van der Waals surface area contributed by atoms with Crippen LogP contribution in [0.25, 0.3) is 0 Å². The van der Waals surface area contributed by atoms with Crippen LogP contribution >= 0.6 is 0 Å². The van der Waals surface area contributed by atoms with Crippen molar-refractivity contribution < 1.29 is 4.79 Å². The van der Waals surface area contributed by atoms with Crippen molar-refractivity contribution in [1.29, 1.82) is 0 Å². The minimum atomic E-state index is 0.0352. The summed E-state index contributed by atoms with van der Waals surface area (Å²) in [6, 6.07) is 7.86. The monoisotopic (exact) mass is 275 g/mol. The molecule has 0 saturated carbocycles. The lowest BCUT2D eigenvalue weighted by molar-refractivity contribution is 0.0951. The van der Waals surface area contributed by atoms with E-state index >= 15 is 0 Å². The molecule has 0 aliphatic carbocycles. The minimum absolute atomic E-state index is 0.0352. The van der Waals surface area contributed by atoms with Crippen LogP contribution in [0.5, 0.6) is 0 Å². The van der Waals surface area contributed by atoms with Crippen LogP contribution in [0.1, 0.15) is 29.3 Å². The van der Waals surface area contributed by atoms with E-state index in [4.69, 9.17) is 0 Å². The summed E-state index contributed by atoms with van der Waals surface area (Å²) in [4.78, 5) is 14.4. The number of nitrogens with zero attached hydrogens (tertiary/aromatic N) is 1. The first kappa shape index (κ1) is 15.0. The Morgan fingerprint density at radius 3 is 2.60 bits per heavy atom. The van der Waals surface area contributed by atoms with Gasteiger partial charge in [-0.05, 0) is 37.1 Å². The molecule has 0 aromatic heterocycles. The topological polar surface area (TPSA) is 44.4 Å². The van der Waals surface area contributed by atoms with Crippen LogP contribution in [0.3, 0.4) is 0 Å². The molecule has 1 fully saturated rings. The van der Waals surface area contributed by atoms with Gasteiger partial charge in [-0.15, -0.1) is 0 Å². The Morgan fingerprint density at radius 2 is 1.95 bits per heavy atom. The molecule has 0 atom stereocenters. The zero-order valence-electron chi connectivity index (χ0n) is 12.3. The van der Waals surface area contributed by atoms with Crippen LogP contribution in [-0.4, -0.2) is 50.1 Å². The second-order valence-electron chi connectivity index (χ2n) is 5.25. The summed E-state index contributed by atoms with van der Waals surface area (Å²) in [6.45, 7) is 8.32. The van der Waals surface area contributed by atoms with E-state index in [-0.39, 0.29) is 5.91 Å². The Kier molecular flexibility index (Phi) is 6.02. The highest BCUT2D eigenvalue weighted by Gasteiger charge is 2.09. The smallest absolute Gasteiger partial charge is 0.251 e. The van der Waals surface area contributed by atoms with Gasteiger partial charge in [0.05, 0.1) is 0 Å². The van der Waals surface area contributed by atoms with E-state index in [1.54, 1.807) is 0 Å². The summed E-state index contributed by atoms with van der Waals surface area (Å²) in [5, 5.41) is 6.34. The van der Waals surface area contributed by atoms with Crippen LogP contribution < -0.4 is 10.6 Å². The Bertz CT molecular complexity index is 410. The van der Waals surface area contributed by atoms with Crippen molar-refractivity contribution in [1.82, 2.24) is 15.5 Å². The zero-order chi connectivity index (χ0) is 14.2. The Hall–Kier alpha value is -1.39. The van der Waals surface area contributed by atoms with Gasteiger partial charge in [0.2, 0.25) is 0 Å². The highest BCUT2D eigenvalue weighted by molar-refractivity contribution is 5.94. The number of hydrogen-bond acceptors (Lipinski definition) is 3. The number of aryl methyl sites for hydroxylation is 1. The van der Waals surface area contributed by atoms with E-state index in [2.05, 4.69) is 22.5 Å². The molecule has 0 unspecified atom stereocenters. The first-order valence-electron chi connectivity index (χ1n) is 7.60. The van der Waals surface area contributed by atoms with E-state index in [1.165, 1.54) is 5.56 Å². The van der Waals surface area contributed by atoms with E-state index in [9.17, 15) is 4.79 Å². The molecular weight excluding hydrogens is 250 g/mol. The first-order chi connectivity index (χ1) is 9.79. The molecule has 0 spiro atoms. The molecule has 2 N–H and O–H groups in total.